The van der Waals surface area contributed by atoms with Crippen LogP contribution >= 0.6 is 34.5 Å². The summed E-state index contributed by atoms with van der Waals surface area (Å²) in [6.07, 6.45) is 2.82. The van der Waals surface area contributed by atoms with Crippen molar-refractivity contribution in [3.63, 3.8) is 0 Å². The minimum Gasteiger partial charge on any atom is -0.289 e. The Balaban J connectivity index is 1.53. The Labute approximate surface area is 191 Å². The van der Waals surface area contributed by atoms with Gasteiger partial charge >= 0.3 is 0 Å². The molecule has 0 radical (unpaired) electrons. The number of carbonyl (C=O) groups excluding carboxylic acids is 1. The number of hydrogen-bond acceptors (Lipinski definition) is 5. The number of nitrogens with one attached hydrogen (secondary N) is 1. The van der Waals surface area contributed by atoms with Crippen molar-refractivity contribution in [1.29, 1.82) is 0 Å². The Morgan fingerprint density at radius 2 is 1.97 bits per heavy atom. The van der Waals surface area contributed by atoms with Crippen molar-refractivity contribution < 1.29 is 4.79 Å². The van der Waals surface area contributed by atoms with Crippen molar-refractivity contribution in [2.24, 2.45) is 5.10 Å². The number of carbonyl (C=O) groups is 1. The summed E-state index contributed by atoms with van der Waals surface area (Å²) in [5.41, 5.74) is 5.69. The van der Waals surface area contributed by atoms with Crippen LogP contribution in [0.15, 0.2) is 64.1 Å². The number of nitrogens with zero attached hydrogens (tertiary/aromatic N) is 3. The van der Waals surface area contributed by atoms with Gasteiger partial charge in [-0.05, 0) is 30.2 Å². The number of hydrazone groups is 1. The van der Waals surface area contributed by atoms with Crippen molar-refractivity contribution in [3.05, 3.63) is 85.7 Å². The smallest absolute Gasteiger partial charge is 0.263 e. The average molecular weight is 471 g/mol. The molecule has 0 unspecified atom stereocenters. The molecular weight excluding hydrogens is 455 g/mol. The van der Waals surface area contributed by atoms with E-state index in [1.165, 1.54) is 28.4 Å². The van der Waals surface area contributed by atoms with Crippen LogP contribution in [0.2, 0.25) is 10.0 Å². The molecule has 0 bridgehead atoms. The van der Waals surface area contributed by atoms with Gasteiger partial charge in [-0.2, -0.15) is 5.10 Å². The highest BCUT2D eigenvalue weighted by Crippen LogP contribution is 2.30. The van der Waals surface area contributed by atoms with Crippen LogP contribution in [0.3, 0.4) is 0 Å². The second kappa shape index (κ2) is 9.01. The highest BCUT2D eigenvalue weighted by Gasteiger charge is 2.14. The highest BCUT2D eigenvalue weighted by molar-refractivity contribution is 7.17. The Morgan fingerprint density at radius 3 is 2.71 bits per heavy atom. The van der Waals surface area contributed by atoms with Crippen molar-refractivity contribution in [1.82, 2.24) is 15.0 Å². The molecule has 0 fully saturated rings. The van der Waals surface area contributed by atoms with E-state index in [-0.39, 0.29) is 12.1 Å². The van der Waals surface area contributed by atoms with Crippen LogP contribution in [0.4, 0.5) is 0 Å². The van der Waals surface area contributed by atoms with Gasteiger partial charge in [-0.3, -0.25) is 14.2 Å². The van der Waals surface area contributed by atoms with Crippen molar-refractivity contribution in [3.8, 4) is 11.1 Å². The molecule has 9 heteroatoms. The quantitative estimate of drug-likeness (QED) is 0.333. The van der Waals surface area contributed by atoms with E-state index < -0.39 is 5.91 Å². The highest BCUT2D eigenvalue weighted by atomic mass is 35.5. The summed E-state index contributed by atoms with van der Waals surface area (Å²) < 4.78 is 1.27. The topological polar surface area (TPSA) is 76.3 Å². The number of amides is 1. The van der Waals surface area contributed by atoms with Gasteiger partial charge in [-0.1, -0.05) is 59.1 Å². The van der Waals surface area contributed by atoms with E-state index in [0.717, 1.165) is 16.7 Å². The Morgan fingerprint density at radius 1 is 1.19 bits per heavy atom. The van der Waals surface area contributed by atoms with Crippen molar-refractivity contribution in [2.45, 2.75) is 13.5 Å². The fourth-order valence-corrected chi connectivity index (χ4v) is 4.20. The fraction of sp³-hybridized carbons (Fsp3) is 0.0909. The molecule has 0 atom stereocenters. The molecule has 0 aliphatic carbocycles. The summed E-state index contributed by atoms with van der Waals surface area (Å²) in [5.74, 6) is -0.452. The zero-order valence-electron chi connectivity index (χ0n) is 16.3. The molecule has 0 aliphatic rings. The molecule has 0 aliphatic heterocycles. The molecule has 156 valence electrons. The van der Waals surface area contributed by atoms with Crippen LogP contribution in [0.5, 0.6) is 0 Å². The van der Waals surface area contributed by atoms with Crippen LogP contribution in [0, 0.1) is 6.92 Å². The molecule has 2 heterocycles. The van der Waals surface area contributed by atoms with Gasteiger partial charge in [0.2, 0.25) is 0 Å². The Bertz CT molecular complexity index is 1360. The molecule has 6 nitrogen and oxygen atoms in total. The molecule has 0 spiro atoms. The standard InChI is InChI=1S/C22H16Cl2N4O2S/c1-13-2-5-15(6-3-13)16-11-31-21-20(16)22(30)28(12-25-21)10-19(29)27-26-9-14-4-7-17(23)18(24)8-14/h2-9,11-12H,10H2,1H3,(H,27,29)/b26-9-. The van der Waals surface area contributed by atoms with E-state index in [1.54, 1.807) is 18.2 Å². The van der Waals surface area contributed by atoms with Gasteiger partial charge < -0.3 is 0 Å². The van der Waals surface area contributed by atoms with Gasteiger partial charge in [0, 0.05) is 10.9 Å². The largest absolute Gasteiger partial charge is 0.289 e. The molecule has 4 rings (SSSR count). The summed E-state index contributed by atoms with van der Waals surface area (Å²) in [5, 5.41) is 7.14. The Hall–Kier alpha value is -3.00. The lowest BCUT2D eigenvalue weighted by Crippen LogP contribution is -2.30. The lowest BCUT2D eigenvalue weighted by Gasteiger charge is -2.05. The van der Waals surface area contributed by atoms with E-state index >= 15 is 0 Å². The third kappa shape index (κ3) is 4.69. The second-order valence-electron chi connectivity index (χ2n) is 6.84. The predicted molar refractivity (Wildman–Crippen MR) is 126 cm³/mol. The number of benzene rings is 2. The minimum absolute atomic E-state index is 0.205. The number of aryl methyl sites for hydroxylation is 1. The van der Waals surface area contributed by atoms with E-state index in [4.69, 9.17) is 23.2 Å². The fourth-order valence-electron chi connectivity index (χ4n) is 2.99. The second-order valence-corrected chi connectivity index (χ2v) is 8.51. The maximum Gasteiger partial charge on any atom is 0.263 e. The molecule has 1 amide bonds. The van der Waals surface area contributed by atoms with Crippen LogP contribution in [-0.4, -0.2) is 21.7 Å². The molecule has 0 saturated carbocycles. The maximum absolute atomic E-state index is 13.0. The number of thiophene rings is 1. The van der Waals surface area contributed by atoms with Gasteiger partial charge in [0.1, 0.15) is 11.4 Å². The molecule has 2 aromatic carbocycles. The first-order valence-electron chi connectivity index (χ1n) is 9.23. The average Bonchev–Trinajstić information content (AvgIpc) is 3.18. The lowest BCUT2D eigenvalue weighted by atomic mass is 10.1. The number of hydrogen-bond donors (Lipinski definition) is 1. The summed E-state index contributed by atoms with van der Waals surface area (Å²) in [6.45, 7) is 1.80. The summed E-state index contributed by atoms with van der Waals surface area (Å²) in [6, 6.07) is 12.9. The minimum atomic E-state index is -0.452. The molecule has 2 aromatic heterocycles. The monoisotopic (exact) mass is 470 g/mol. The van der Waals surface area contributed by atoms with Gasteiger partial charge in [-0.25, -0.2) is 10.4 Å². The SMILES string of the molecule is Cc1ccc(-c2csc3ncn(CC(=O)N/N=C\c4ccc(Cl)c(Cl)c4)c(=O)c23)cc1. The third-order valence-corrected chi connectivity index (χ3v) is 6.21. The number of rotatable bonds is 5. The first-order chi connectivity index (χ1) is 14.9. The molecule has 4 aromatic rings. The van der Waals surface area contributed by atoms with E-state index in [1.807, 2.05) is 36.6 Å². The maximum atomic E-state index is 13.0. The lowest BCUT2D eigenvalue weighted by molar-refractivity contribution is -0.121. The van der Waals surface area contributed by atoms with Crippen molar-refractivity contribution in [2.75, 3.05) is 0 Å². The van der Waals surface area contributed by atoms with Crippen LogP contribution in [0.1, 0.15) is 11.1 Å². The summed E-state index contributed by atoms with van der Waals surface area (Å²) in [7, 11) is 0. The number of fused-ring (bicyclic) bond motifs is 1. The predicted octanol–water partition coefficient (Wildman–Crippen LogP) is 4.89. The molecular formula is C22H16Cl2N4O2S. The first-order valence-corrected chi connectivity index (χ1v) is 10.9. The van der Waals surface area contributed by atoms with Gasteiger partial charge in [0.05, 0.1) is 28.0 Å². The summed E-state index contributed by atoms with van der Waals surface area (Å²) >= 11 is 13.2. The van der Waals surface area contributed by atoms with E-state index in [9.17, 15) is 9.59 Å². The van der Waals surface area contributed by atoms with Crippen molar-refractivity contribution >= 4 is 56.9 Å². The zero-order chi connectivity index (χ0) is 22.0. The first kappa shape index (κ1) is 21.2. The third-order valence-electron chi connectivity index (χ3n) is 4.58. The number of aromatic nitrogens is 2. The molecule has 1 N–H and O–H groups in total. The van der Waals surface area contributed by atoms with Crippen LogP contribution in [0.25, 0.3) is 21.3 Å². The van der Waals surface area contributed by atoms with Gasteiger partial charge in [-0.15, -0.1) is 11.3 Å². The van der Waals surface area contributed by atoms with E-state index in [2.05, 4.69) is 15.5 Å². The Kier molecular flexibility index (Phi) is 6.18. The van der Waals surface area contributed by atoms with Crippen LogP contribution in [-0.2, 0) is 11.3 Å². The molecule has 31 heavy (non-hydrogen) atoms. The van der Waals surface area contributed by atoms with E-state index in [0.29, 0.717) is 25.8 Å². The van der Waals surface area contributed by atoms with Crippen LogP contribution < -0.4 is 11.0 Å². The molecule has 0 saturated heterocycles. The van der Waals surface area contributed by atoms with Gasteiger partial charge in [0.25, 0.3) is 11.5 Å². The number of halogens is 2. The zero-order valence-corrected chi connectivity index (χ0v) is 18.6. The normalized spacial score (nSPS) is 11.3. The summed E-state index contributed by atoms with van der Waals surface area (Å²) in [4.78, 5) is 30.3. The van der Waals surface area contributed by atoms with Gasteiger partial charge in [0.15, 0.2) is 0 Å².